The molecule has 3 aliphatic rings. The van der Waals surface area contributed by atoms with Crippen molar-refractivity contribution in [3.63, 3.8) is 0 Å². The van der Waals surface area contributed by atoms with Crippen LogP contribution in [0.25, 0.3) is 5.65 Å². The molecule has 1 aliphatic heterocycles. The molecule has 3 fully saturated rings. The normalized spacial score (nSPS) is 21.1. The van der Waals surface area contributed by atoms with Gasteiger partial charge in [-0.1, -0.05) is 0 Å². The Hall–Kier alpha value is -3.56. The second-order valence-corrected chi connectivity index (χ2v) is 10.4. The van der Waals surface area contributed by atoms with Crippen LogP contribution in [0.4, 0.5) is 0 Å². The first-order valence-corrected chi connectivity index (χ1v) is 13.0. The van der Waals surface area contributed by atoms with Gasteiger partial charge in [0.25, 0.3) is 5.91 Å². The minimum Gasteiger partial charge on any atom is -0.349 e. The lowest BCUT2D eigenvalue weighted by Gasteiger charge is -2.27. The molecule has 36 heavy (non-hydrogen) atoms. The lowest BCUT2D eigenvalue weighted by molar-refractivity contribution is -0.134. The van der Waals surface area contributed by atoms with Gasteiger partial charge in [0.1, 0.15) is 5.69 Å². The smallest absolute Gasteiger partial charge is 0.270 e. The van der Waals surface area contributed by atoms with E-state index in [1.54, 1.807) is 21.5 Å². The Morgan fingerprint density at radius 1 is 1.17 bits per heavy atom. The van der Waals surface area contributed by atoms with E-state index in [9.17, 15) is 14.4 Å². The molecule has 10 nitrogen and oxygen atoms in total. The molecule has 6 rings (SSSR count). The van der Waals surface area contributed by atoms with Gasteiger partial charge in [-0.15, -0.1) is 0 Å². The Kier molecular flexibility index (Phi) is 5.81. The van der Waals surface area contributed by atoms with Gasteiger partial charge in [0.15, 0.2) is 11.4 Å². The molecule has 2 unspecified atom stereocenters. The highest BCUT2D eigenvalue weighted by atomic mass is 16.2. The molecule has 0 bridgehead atoms. The minimum absolute atomic E-state index is 0.0415. The Balaban J connectivity index is 1.29. The maximum Gasteiger partial charge on any atom is 0.270 e. The second kappa shape index (κ2) is 9.15. The number of ketones is 1. The number of rotatable bonds is 9. The first-order chi connectivity index (χ1) is 17.5. The van der Waals surface area contributed by atoms with E-state index in [0.717, 1.165) is 11.4 Å². The Morgan fingerprint density at radius 3 is 2.67 bits per heavy atom. The molecular formula is C26H31N7O3. The van der Waals surface area contributed by atoms with Crippen LogP contribution in [-0.2, 0) is 22.6 Å². The first-order valence-electron chi connectivity index (χ1n) is 13.0. The van der Waals surface area contributed by atoms with Gasteiger partial charge in [-0.3, -0.25) is 19.1 Å². The van der Waals surface area contributed by atoms with E-state index >= 15 is 0 Å². The van der Waals surface area contributed by atoms with Crippen LogP contribution in [-0.4, -0.2) is 48.5 Å². The first kappa shape index (κ1) is 22.9. The van der Waals surface area contributed by atoms with Crippen molar-refractivity contribution in [2.75, 3.05) is 6.54 Å². The standard InChI is InChI=1S/C26H31N7O3/c1-2-32-21(9-10-28-32)26(36)30-24(23(15-3-4-15)16-5-6-16)20-14-33-22(29-20)8-7-18(31-33)11-17-12-19(34)13-27-25(17)35/h7-10,14-17,23-24H,2-6,11-13H2,1H3,(H,27,35)(H,30,36). The third kappa shape index (κ3) is 4.52. The summed E-state index contributed by atoms with van der Waals surface area (Å²) in [6, 6.07) is 5.31. The van der Waals surface area contributed by atoms with Gasteiger partial charge in [-0.2, -0.15) is 10.2 Å². The Labute approximate surface area is 208 Å². The van der Waals surface area contributed by atoms with Gasteiger partial charge in [0.05, 0.1) is 36.1 Å². The molecule has 2 aliphatic carbocycles. The lowest BCUT2D eigenvalue weighted by Crippen LogP contribution is -2.42. The number of nitrogens with one attached hydrogen (secondary N) is 2. The molecule has 4 heterocycles. The summed E-state index contributed by atoms with van der Waals surface area (Å²) in [6.07, 6.45) is 8.98. The van der Waals surface area contributed by atoms with E-state index in [1.807, 2.05) is 25.3 Å². The summed E-state index contributed by atoms with van der Waals surface area (Å²) in [7, 11) is 0. The number of fused-ring (bicyclic) bond motifs is 1. The average molecular weight is 490 g/mol. The van der Waals surface area contributed by atoms with Crippen LogP contribution in [0.5, 0.6) is 0 Å². The molecule has 2 saturated carbocycles. The molecule has 3 aromatic heterocycles. The van der Waals surface area contributed by atoms with E-state index in [2.05, 4.69) is 15.7 Å². The zero-order valence-corrected chi connectivity index (χ0v) is 20.4. The van der Waals surface area contributed by atoms with E-state index in [-0.39, 0.29) is 36.6 Å². The molecule has 0 radical (unpaired) electrons. The number of carbonyl (C=O) groups excluding carboxylic acids is 3. The maximum atomic E-state index is 13.3. The maximum absolute atomic E-state index is 13.3. The summed E-state index contributed by atoms with van der Waals surface area (Å²) in [5.41, 5.74) is 2.79. The largest absolute Gasteiger partial charge is 0.349 e. The molecule has 1 saturated heterocycles. The predicted molar refractivity (Wildman–Crippen MR) is 130 cm³/mol. The molecule has 10 heteroatoms. The number of aromatic nitrogens is 5. The number of Topliss-reactive ketones (excluding diaryl/α,β-unsaturated/α-hetero) is 1. The zero-order valence-electron chi connectivity index (χ0n) is 20.4. The number of hydrogen-bond donors (Lipinski definition) is 2. The van der Waals surface area contributed by atoms with Crippen LogP contribution in [0.1, 0.15) is 66.9 Å². The summed E-state index contributed by atoms with van der Waals surface area (Å²) >= 11 is 0. The van der Waals surface area contributed by atoms with Crippen LogP contribution in [0, 0.1) is 23.7 Å². The molecule has 0 spiro atoms. The van der Waals surface area contributed by atoms with Crippen molar-refractivity contribution < 1.29 is 14.4 Å². The Bertz CT molecular complexity index is 1310. The molecule has 2 N–H and O–H groups in total. The zero-order chi connectivity index (χ0) is 24.8. The van der Waals surface area contributed by atoms with Crippen molar-refractivity contribution in [1.82, 2.24) is 35.0 Å². The predicted octanol–water partition coefficient (Wildman–Crippen LogP) is 2.10. The van der Waals surface area contributed by atoms with Gasteiger partial charge in [-0.05, 0) is 68.6 Å². The highest BCUT2D eigenvalue weighted by molar-refractivity contribution is 5.94. The minimum atomic E-state index is -0.399. The summed E-state index contributed by atoms with van der Waals surface area (Å²) in [5.74, 6) is 0.971. The average Bonchev–Trinajstić information content (AvgIpc) is 3.79. The van der Waals surface area contributed by atoms with Gasteiger partial charge < -0.3 is 10.6 Å². The van der Waals surface area contributed by atoms with Crippen molar-refractivity contribution in [2.24, 2.45) is 23.7 Å². The summed E-state index contributed by atoms with van der Waals surface area (Å²) in [6.45, 7) is 2.71. The van der Waals surface area contributed by atoms with Crippen LogP contribution < -0.4 is 10.6 Å². The second-order valence-electron chi connectivity index (χ2n) is 10.4. The fraction of sp³-hybridized carbons (Fsp3) is 0.538. The van der Waals surface area contributed by atoms with Crippen LogP contribution in [0.15, 0.2) is 30.6 Å². The molecule has 2 amide bonds. The summed E-state index contributed by atoms with van der Waals surface area (Å²) in [4.78, 5) is 42.2. The van der Waals surface area contributed by atoms with Gasteiger partial charge >= 0.3 is 0 Å². The van der Waals surface area contributed by atoms with Crippen molar-refractivity contribution in [3.8, 4) is 0 Å². The van der Waals surface area contributed by atoms with E-state index in [4.69, 9.17) is 10.1 Å². The number of aryl methyl sites for hydroxylation is 1. The van der Waals surface area contributed by atoms with Crippen molar-refractivity contribution >= 4 is 23.2 Å². The topological polar surface area (TPSA) is 123 Å². The molecule has 188 valence electrons. The SMILES string of the molecule is CCn1nccc1C(=O)NC(c1cn2nc(CC3CC(=O)CNC3=O)ccc2n1)C(C1CC1)C1CC1. The molecule has 0 aromatic carbocycles. The number of imidazole rings is 1. The van der Waals surface area contributed by atoms with Gasteiger partial charge in [0.2, 0.25) is 5.91 Å². The number of piperidine rings is 1. The number of nitrogens with zero attached hydrogens (tertiary/aromatic N) is 5. The monoisotopic (exact) mass is 489 g/mol. The lowest BCUT2D eigenvalue weighted by atomic mass is 9.87. The van der Waals surface area contributed by atoms with Crippen LogP contribution >= 0.6 is 0 Å². The summed E-state index contributed by atoms with van der Waals surface area (Å²) < 4.78 is 3.44. The number of carbonyl (C=O) groups is 3. The van der Waals surface area contributed by atoms with E-state index < -0.39 is 5.92 Å². The van der Waals surface area contributed by atoms with E-state index in [0.29, 0.717) is 42.1 Å². The number of amides is 2. The number of hydrogen-bond acceptors (Lipinski definition) is 6. The summed E-state index contributed by atoms with van der Waals surface area (Å²) in [5, 5.41) is 14.9. The van der Waals surface area contributed by atoms with Gasteiger partial charge in [0, 0.05) is 25.6 Å². The van der Waals surface area contributed by atoms with Crippen molar-refractivity contribution in [1.29, 1.82) is 0 Å². The Morgan fingerprint density at radius 2 is 1.94 bits per heavy atom. The van der Waals surface area contributed by atoms with Crippen LogP contribution in [0.2, 0.25) is 0 Å². The third-order valence-corrected chi connectivity index (χ3v) is 7.73. The van der Waals surface area contributed by atoms with Crippen LogP contribution in [0.3, 0.4) is 0 Å². The fourth-order valence-corrected chi connectivity index (χ4v) is 5.64. The van der Waals surface area contributed by atoms with Gasteiger partial charge in [-0.25, -0.2) is 9.50 Å². The highest BCUT2D eigenvalue weighted by Gasteiger charge is 2.47. The highest BCUT2D eigenvalue weighted by Crippen LogP contribution is 2.54. The molecule has 2 atom stereocenters. The fourth-order valence-electron chi connectivity index (χ4n) is 5.64. The quantitative estimate of drug-likeness (QED) is 0.475. The molecule has 3 aromatic rings. The third-order valence-electron chi connectivity index (χ3n) is 7.73. The van der Waals surface area contributed by atoms with Crippen molar-refractivity contribution in [3.05, 3.63) is 47.7 Å². The van der Waals surface area contributed by atoms with E-state index in [1.165, 1.54) is 25.7 Å². The molecular weight excluding hydrogens is 458 g/mol. The van der Waals surface area contributed by atoms with Crippen molar-refractivity contribution in [2.45, 2.75) is 58.0 Å².